The van der Waals surface area contributed by atoms with Gasteiger partial charge in [0.25, 0.3) is 15.7 Å². The lowest BCUT2D eigenvalue weighted by atomic mass is 10.0. The number of ether oxygens (including phenoxy) is 1. The summed E-state index contributed by atoms with van der Waals surface area (Å²) in [6.07, 6.45) is 0.277. The first-order valence-corrected chi connectivity index (χ1v) is 15.6. The SMILES string of the molecule is CC[C@H](C(=O)NC(C)(C)C)N(Cc1ccccc1C)C(=O)CN(c1ccc(OC)cc1)S(=O)(=O)c1ccc(C)c([N+](=O)[O-])c1. The molecule has 44 heavy (non-hydrogen) atoms. The fourth-order valence-corrected chi connectivity index (χ4v) is 6.13. The second-order valence-electron chi connectivity index (χ2n) is 11.5. The first-order chi connectivity index (χ1) is 20.6. The Labute approximate surface area is 259 Å². The normalized spacial score (nSPS) is 12.2. The van der Waals surface area contributed by atoms with Crippen LogP contribution in [0.3, 0.4) is 0 Å². The molecular formula is C32H40N4O7S. The van der Waals surface area contributed by atoms with E-state index < -0.39 is 39.0 Å². The molecule has 1 atom stereocenters. The third-order valence-corrected chi connectivity index (χ3v) is 8.86. The number of amides is 2. The quantitative estimate of drug-likeness (QED) is 0.218. The van der Waals surface area contributed by atoms with Gasteiger partial charge >= 0.3 is 0 Å². The van der Waals surface area contributed by atoms with E-state index in [9.17, 15) is 28.1 Å². The summed E-state index contributed by atoms with van der Waals surface area (Å²) in [6, 6.07) is 16.2. The number of methoxy groups -OCH3 is 1. The smallest absolute Gasteiger partial charge is 0.273 e. The van der Waals surface area contributed by atoms with Gasteiger partial charge in [-0.1, -0.05) is 37.3 Å². The highest BCUT2D eigenvalue weighted by Gasteiger charge is 2.35. The van der Waals surface area contributed by atoms with Crippen LogP contribution in [0.2, 0.25) is 0 Å². The van der Waals surface area contributed by atoms with Crippen molar-refractivity contribution in [3.05, 3.63) is 93.5 Å². The molecule has 0 aliphatic rings. The van der Waals surface area contributed by atoms with Crippen LogP contribution >= 0.6 is 0 Å². The van der Waals surface area contributed by atoms with E-state index in [0.29, 0.717) is 11.3 Å². The molecule has 0 bridgehead atoms. The van der Waals surface area contributed by atoms with Crippen molar-refractivity contribution in [2.75, 3.05) is 18.0 Å². The molecule has 0 aromatic heterocycles. The first-order valence-electron chi connectivity index (χ1n) is 14.2. The molecule has 0 fully saturated rings. The number of sulfonamides is 1. The number of nitrogens with one attached hydrogen (secondary N) is 1. The van der Waals surface area contributed by atoms with Crippen LogP contribution in [0.25, 0.3) is 0 Å². The van der Waals surface area contributed by atoms with Crippen LogP contribution in [-0.2, 0) is 26.2 Å². The fourth-order valence-electron chi connectivity index (χ4n) is 4.69. The van der Waals surface area contributed by atoms with Gasteiger partial charge in [-0.2, -0.15) is 0 Å². The van der Waals surface area contributed by atoms with Gasteiger partial charge in [-0.15, -0.1) is 0 Å². The molecule has 0 saturated heterocycles. The Hall–Kier alpha value is -4.45. The van der Waals surface area contributed by atoms with Crippen molar-refractivity contribution in [2.24, 2.45) is 0 Å². The van der Waals surface area contributed by atoms with Gasteiger partial charge in [-0.25, -0.2) is 8.42 Å². The highest BCUT2D eigenvalue weighted by Crippen LogP contribution is 2.30. The van der Waals surface area contributed by atoms with Crippen LogP contribution in [0.15, 0.2) is 71.6 Å². The minimum atomic E-state index is -4.50. The van der Waals surface area contributed by atoms with Crippen molar-refractivity contribution in [1.82, 2.24) is 10.2 Å². The molecule has 0 saturated carbocycles. The standard InChI is InChI=1S/C32H40N4O7S/c1-8-28(31(38)33-32(4,5)6)34(20-24-12-10-9-11-22(24)2)30(37)21-35(25-14-16-26(43-7)17-15-25)44(41,42)27-18-13-23(3)29(19-27)36(39)40/h9-19,28H,8,20-21H2,1-7H3,(H,33,38)/t28-/m1/s1. The van der Waals surface area contributed by atoms with Gasteiger partial charge in [0.15, 0.2) is 0 Å². The Kier molecular flexibility index (Phi) is 10.7. The van der Waals surface area contributed by atoms with Gasteiger partial charge in [0.1, 0.15) is 18.3 Å². The zero-order valence-electron chi connectivity index (χ0n) is 26.2. The maximum Gasteiger partial charge on any atom is 0.273 e. The Morgan fingerprint density at radius 1 is 1.00 bits per heavy atom. The van der Waals surface area contributed by atoms with E-state index >= 15 is 0 Å². The van der Waals surface area contributed by atoms with E-state index in [4.69, 9.17) is 4.74 Å². The van der Waals surface area contributed by atoms with E-state index in [1.165, 1.54) is 43.2 Å². The second-order valence-corrected chi connectivity index (χ2v) is 13.4. The number of hydrogen-bond donors (Lipinski definition) is 1. The summed E-state index contributed by atoms with van der Waals surface area (Å²) in [7, 11) is -3.03. The number of nitrogens with zero attached hydrogens (tertiary/aromatic N) is 3. The lowest BCUT2D eigenvalue weighted by Gasteiger charge is -2.35. The zero-order chi connectivity index (χ0) is 32.8. The van der Waals surface area contributed by atoms with Crippen LogP contribution in [0.4, 0.5) is 11.4 Å². The third kappa shape index (κ3) is 8.13. The number of nitro groups is 1. The van der Waals surface area contributed by atoms with Crippen LogP contribution < -0.4 is 14.4 Å². The molecule has 0 radical (unpaired) electrons. The Balaban J connectivity index is 2.14. The van der Waals surface area contributed by atoms with Crippen molar-refractivity contribution in [3.8, 4) is 5.75 Å². The number of aryl methyl sites for hydroxylation is 2. The van der Waals surface area contributed by atoms with Crippen LogP contribution in [-0.4, -0.2) is 55.3 Å². The summed E-state index contributed by atoms with van der Waals surface area (Å²) in [5.41, 5.74) is 1.21. The largest absolute Gasteiger partial charge is 0.497 e. The third-order valence-electron chi connectivity index (χ3n) is 7.09. The van der Waals surface area contributed by atoms with Gasteiger partial charge in [0.05, 0.1) is 22.6 Å². The molecule has 0 aliphatic heterocycles. The minimum Gasteiger partial charge on any atom is -0.497 e. The average Bonchev–Trinajstić information content (AvgIpc) is 2.95. The monoisotopic (exact) mass is 624 g/mol. The molecule has 3 aromatic carbocycles. The zero-order valence-corrected chi connectivity index (χ0v) is 27.0. The van der Waals surface area contributed by atoms with E-state index in [2.05, 4.69) is 5.32 Å². The second kappa shape index (κ2) is 13.9. The number of carbonyl (C=O) groups is 2. The molecule has 2 amide bonds. The minimum absolute atomic E-state index is 0.0636. The van der Waals surface area contributed by atoms with Crippen LogP contribution in [0, 0.1) is 24.0 Å². The van der Waals surface area contributed by atoms with E-state index in [1.807, 2.05) is 52.0 Å². The summed E-state index contributed by atoms with van der Waals surface area (Å²) in [4.78, 5) is 39.8. The van der Waals surface area contributed by atoms with Gasteiger partial charge < -0.3 is 15.0 Å². The Morgan fingerprint density at radius 3 is 2.18 bits per heavy atom. The van der Waals surface area contributed by atoms with Crippen LogP contribution in [0.5, 0.6) is 5.75 Å². The molecule has 0 heterocycles. The molecule has 12 heteroatoms. The van der Waals surface area contributed by atoms with Gasteiger partial charge in [0, 0.05) is 23.7 Å². The molecule has 1 N–H and O–H groups in total. The molecule has 236 valence electrons. The van der Waals surface area contributed by atoms with Crippen molar-refractivity contribution in [2.45, 2.75) is 71.0 Å². The average molecular weight is 625 g/mol. The first kappa shape index (κ1) is 34.0. The molecule has 0 unspecified atom stereocenters. The summed E-state index contributed by atoms with van der Waals surface area (Å²) in [6.45, 7) is 10.1. The lowest BCUT2D eigenvalue weighted by molar-refractivity contribution is -0.385. The molecule has 3 rings (SSSR count). The number of rotatable bonds is 12. The number of carbonyl (C=O) groups excluding carboxylic acids is 2. The summed E-state index contributed by atoms with van der Waals surface area (Å²) in [5.74, 6) is -0.519. The number of nitro benzene ring substituents is 1. The Morgan fingerprint density at radius 2 is 1.64 bits per heavy atom. The maximum atomic E-state index is 14.3. The highest BCUT2D eigenvalue weighted by molar-refractivity contribution is 7.92. The molecule has 3 aromatic rings. The Bertz CT molecular complexity index is 1620. The summed E-state index contributed by atoms with van der Waals surface area (Å²) >= 11 is 0. The predicted molar refractivity (Wildman–Crippen MR) is 169 cm³/mol. The van der Waals surface area contributed by atoms with Crippen LogP contribution in [0.1, 0.15) is 50.8 Å². The van der Waals surface area contributed by atoms with Crippen molar-refractivity contribution in [1.29, 1.82) is 0 Å². The fraction of sp³-hybridized carbons (Fsp3) is 0.375. The summed E-state index contributed by atoms with van der Waals surface area (Å²) < 4.78 is 34.4. The number of anilines is 1. The maximum absolute atomic E-state index is 14.3. The molecular weight excluding hydrogens is 584 g/mol. The van der Waals surface area contributed by atoms with Crippen molar-refractivity contribution in [3.63, 3.8) is 0 Å². The lowest BCUT2D eigenvalue weighted by Crippen LogP contribution is -2.55. The molecule has 0 spiro atoms. The van der Waals surface area contributed by atoms with Gasteiger partial charge in [0.2, 0.25) is 11.8 Å². The van der Waals surface area contributed by atoms with Crippen molar-refractivity contribution >= 4 is 33.2 Å². The molecule has 11 nitrogen and oxygen atoms in total. The number of hydrogen-bond acceptors (Lipinski definition) is 7. The van der Waals surface area contributed by atoms with Crippen molar-refractivity contribution < 1.29 is 27.7 Å². The van der Waals surface area contributed by atoms with Gasteiger partial charge in [-0.3, -0.25) is 24.0 Å². The van der Waals surface area contributed by atoms with E-state index in [0.717, 1.165) is 21.5 Å². The van der Waals surface area contributed by atoms with E-state index in [-0.39, 0.29) is 35.1 Å². The number of benzene rings is 3. The topological polar surface area (TPSA) is 139 Å². The van der Waals surface area contributed by atoms with E-state index in [1.54, 1.807) is 19.1 Å². The molecule has 0 aliphatic carbocycles. The van der Waals surface area contributed by atoms with Gasteiger partial charge in [-0.05, 0) is 82.5 Å². The highest BCUT2D eigenvalue weighted by atomic mass is 32.2. The summed E-state index contributed by atoms with van der Waals surface area (Å²) in [5, 5.41) is 14.6. The predicted octanol–water partition coefficient (Wildman–Crippen LogP) is 5.14.